The van der Waals surface area contributed by atoms with Gasteiger partial charge >= 0.3 is 0 Å². The van der Waals surface area contributed by atoms with E-state index in [4.69, 9.17) is 0 Å². The number of rotatable bonds is 4. The number of ketones is 1. The summed E-state index contributed by atoms with van der Waals surface area (Å²) >= 11 is 3.16. The number of halogens is 1. The van der Waals surface area contributed by atoms with E-state index in [1.54, 1.807) is 0 Å². The average Bonchev–Trinajstić information content (AvgIpc) is 2.30. The molecule has 8 heteroatoms. The van der Waals surface area contributed by atoms with Crippen LogP contribution in [0.1, 0.15) is 13.8 Å². The Morgan fingerprint density at radius 1 is 1.42 bits per heavy atom. The van der Waals surface area contributed by atoms with Crippen molar-refractivity contribution in [1.29, 1.82) is 0 Å². The molecule has 0 spiro atoms. The van der Waals surface area contributed by atoms with Gasteiger partial charge in [-0.1, -0.05) is 0 Å². The van der Waals surface area contributed by atoms with E-state index in [1.807, 2.05) is 0 Å². The number of aliphatic hydroxyl groups is 1. The largest absolute Gasteiger partial charge is 0.510 e. The Bertz CT molecular complexity index is 592. The number of carbonyl (C=O) groups excluding carboxylic acids is 1. The van der Waals surface area contributed by atoms with Gasteiger partial charge < -0.3 is 5.11 Å². The zero-order valence-electron chi connectivity index (χ0n) is 10.1. The lowest BCUT2D eigenvalue weighted by Crippen LogP contribution is -1.96. The number of Topliss-reactive ketones (excluding diaryl/α,β-unsaturated/α-hetero) is 1. The molecule has 0 fully saturated rings. The van der Waals surface area contributed by atoms with E-state index in [0.717, 1.165) is 0 Å². The van der Waals surface area contributed by atoms with Crippen LogP contribution in [-0.2, 0) is 4.79 Å². The number of hydrogen-bond acceptors (Lipinski definition) is 6. The minimum atomic E-state index is -0.565. The highest BCUT2D eigenvalue weighted by atomic mass is 79.9. The number of aliphatic hydroxyl groups excluding tert-OH is 1. The summed E-state index contributed by atoms with van der Waals surface area (Å²) < 4.78 is 0.486. The monoisotopic (exact) mass is 327 g/mol. The summed E-state index contributed by atoms with van der Waals surface area (Å²) in [5.41, 5.74) is -0.154. The Labute approximate surface area is 116 Å². The molecule has 1 rings (SSSR count). The predicted octanol–water partition coefficient (Wildman–Crippen LogP) is 3.82. The van der Waals surface area contributed by atoms with Crippen LogP contribution in [0.5, 0.6) is 0 Å². The first-order valence-corrected chi connectivity index (χ1v) is 5.88. The van der Waals surface area contributed by atoms with Crippen LogP contribution in [-0.4, -0.2) is 15.8 Å². The van der Waals surface area contributed by atoms with Crippen LogP contribution in [0.15, 0.2) is 44.4 Å². The van der Waals surface area contributed by atoms with Crippen molar-refractivity contribution in [2.45, 2.75) is 13.8 Å². The maximum Gasteiger partial charge on any atom is 0.271 e. The predicted molar refractivity (Wildman–Crippen MR) is 71.3 cm³/mol. The van der Waals surface area contributed by atoms with Crippen LogP contribution < -0.4 is 0 Å². The highest BCUT2D eigenvalue weighted by Gasteiger charge is 2.11. The maximum atomic E-state index is 11.2. The lowest BCUT2D eigenvalue weighted by molar-refractivity contribution is -0.384. The number of carbonyl (C=O) groups is 1. The van der Waals surface area contributed by atoms with E-state index < -0.39 is 10.7 Å². The molecule has 1 aromatic rings. The Hall–Kier alpha value is -2.09. The molecule has 7 nitrogen and oxygen atoms in total. The number of azo groups is 1. The third-order valence-corrected chi connectivity index (χ3v) is 2.75. The summed E-state index contributed by atoms with van der Waals surface area (Å²) in [5.74, 6) is -0.719. The molecular formula is C11H10BrN3O4. The van der Waals surface area contributed by atoms with E-state index in [0.29, 0.717) is 4.47 Å². The summed E-state index contributed by atoms with van der Waals surface area (Å²) in [7, 11) is 0. The number of nitro groups is 1. The van der Waals surface area contributed by atoms with Crippen molar-refractivity contribution in [3.05, 3.63) is 44.2 Å². The van der Waals surface area contributed by atoms with Gasteiger partial charge in [0.25, 0.3) is 5.69 Å². The van der Waals surface area contributed by atoms with Crippen LogP contribution in [0.4, 0.5) is 11.4 Å². The van der Waals surface area contributed by atoms with Crippen molar-refractivity contribution >= 4 is 33.1 Å². The topological polar surface area (TPSA) is 105 Å². The molecule has 0 aliphatic heterocycles. The van der Waals surface area contributed by atoms with Crippen molar-refractivity contribution in [2.24, 2.45) is 10.2 Å². The van der Waals surface area contributed by atoms with Gasteiger partial charge in [-0.2, -0.15) is 0 Å². The molecule has 0 atom stereocenters. The van der Waals surface area contributed by atoms with Crippen molar-refractivity contribution in [3.8, 4) is 0 Å². The minimum Gasteiger partial charge on any atom is -0.510 e. The van der Waals surface area contributed by atoms with Crippen molar-refractivity contribution in [3.63, 3.8) is 0 Å². The van der Waals surface area contributed by atoms with E-state index in [2.05, 4.69) is 26.2 Å². The fourth-order valence-corrected chi connectivity index (χ4v) is 1.52. The number of nitrogens with zero attached hydrogens (tertiary/aromatic N) is 3. The Kier molecular flexibility index (Phi) is 4.87. The molecule has 19 heavy (non-hydrogen) atoms. The highest BCUT2D eigenvalue weighted by Crippen LogP contribution is 2.30. The van der Waals surface area contributed by atoms with Crippen LogP contribution >= 0.6 is 15.9 Å². The van der Waals surface area contributed by atoms with Crippen LogP contribution in [0, 0.1) is 10.1 Å². The summed E-state index contributed by atoms with van der Waals surface area (Å²) in [5, 5.41) is 27.2. The lowest BCUT2D eigenvalue weighted by Gasteiger charge is -1.99. The van der Waals surface area contributed by atoms with Crippen LogP contribution in [0.25, 0.3) is 0 Å². The Morgan fingerprint density at radius 2 is 2.05 bits per heavy atom. The number of non-ortho nitro benzene ring substituents is 1. The molecule has 0 bridgehead atoms. The molecule has 1 N–H and O–H groups in total. The van der Waals surface area contributed by atoms with Gasteiger partial charge in [-0.15, -0.1) is 10.2 Å². The van der Waals surface area contributed by atoms with Gasteiger partial charge in [-0.3, -0.25) is 14.9 Å². The van der Waals surface area contributed by atoms with Gasteiger partial charge in [-0.25, -0.2) is 0 Å². The van der Waals surface area contributed by atoms with Gasteiger partial charge in [-0.05, 0) is 28.9 Å². The molecule has 0 aromatic heterocycles. The standard InChI is InChI=1S/C11H10BrN3O4/c1-6(16)11(7(2)17)14-13-10-5-8(15(18)19)3-4-9(10)12/h3-5,16H,1-2H3. The molecule has 0 heterocycles. The summed E-state index contributed by atoms with van der Waals surface area (Å²) in [6, 6.07) is 3.97. The summed E-state index contributed by atoms with van der Waals surface area (Å²) in [6.45, 7) is 2.54. The molecule has 0 saturated heterocycles. The first kappa shape index (κ1) is 15.0. The smallest absolute Gasteiger partial charge is 0.271 e. The average molecular weight is 328 g/mol. The second-order valence-electron chi connectivity index (χ2n) is 3.58. The summed E-state index contributed by atoms with van der Waals surface area (Å²) in [6.07, 6.45) is 0. The van der Waals surface area contributed by atoms with Gasteiger partial charge in [0, 0.05) is 23.5 Å². The van der Waals surface area contributed by atoms with Crippen molar-refractivity contribution in [2.75, 3.05) is 0 Å². The molecule has 0 aliphatic rings. The zero-order valence-corrected chi connectivity index (χ0v) is 11.7. The quantitative estimate of drug-likeness (QED) is 0.298. The fourth-order valence-electron chi connectivity index (χ4n) is 1.19. The van der Waals surface area contributed by atoms with Gasteiger partial charge in [0.2, 0.25) is 0 Å². The van der Waals surface area contributed by atoms with Crippen LogP contribution in [0.2, 0.25) is 0 Å². The molecule has 100 valence electrons. The molecule has 0 unspecified atom stereocenters. The molecular weight excluding hydrogens is 318 g/mol. The second kappa shape index (κ2) is 6.19. The molecule has 0 amide bonds. The number of nitro benzene ring substituents is 1. The fraction of sp³-hybridized carbons (Fsp3) is 0.182. The molecule has 0 saturated carbocycles. The summed E-state index contributed by atoms with van der Waals surface area (Å²) in [4.78, 5) is 21.2. The number of benzene rings is 1. The molecule has 0 aliphatic carbocycles. The maximum absolute atomic E-state index is 11.2. The van der Waals surface area contributed by atoms with Crippen LogP contribution in [0.3, 0.4) is 0 Å². The Balaban J connectivity index is 3.18. The van der Waals surface area contributed by atoms with Crippen molar-refractivity contribution < 1.29 is 14.8 Å². The third-order valence-electron chi connectivity index (χ3n) is 2.07. The SMILES string of the molecule is CC(=O)C(N=Nc1cc([N+](=O)[O-])ccc1Br)=C(C)O. The van der Waals surface area contributed by atoms with Crippen molar-refractivity contribution in [1.82, 2.24) is 0 Å². The minimum absolute atomic E-state index is 0.147. The second-order valence-corrected chi connectivity index (χ2v) is 4.44. The van der Waals surface area contributed by atoms with Gasteiger partial charge in [0.1, 0.15) is 11.4 Å². The number of hydrogen-bond donors (Lipinski definition) is 1. The molecule has 1 aromatic carbocycles. The zero-order chi connectivity index (χ0) is 14.6. The third kappa shape index (κ3) is 3.95. The van der Waals surface area contributed by atoms with E-state index in [9.17, 15) is 20.0 Å². The normalized spacial score (nSPS) is 12.4. The van der Waals surface area contributed by atoms with Gasteiger partial charge in [0.05, 0.1) is 4.92 Å². The molecule has 0 radical (unpaired) electrons. The van der Waals surface area contributed by atoms with E-state index >= 15 is 0 Å². The Morgan fingerprint density at radius 3 is 2.53 bits per heavy atom. The lowest BCUT2D eigenvalue weighted by atomic mass is 10.3. The first-order valence-electron chi connectivity index (χ1n) is 5.09. The van der Waals surface area contributed by atoms with E-state index in [-0.39, 0.29) is 22.8 Å². The number of allylic oxidation sites excluding steroid dienone is 2. The first-order chi connectivity index (χ1) is 8.82. The van der Waals surface area contributed by atoms with Gasteiger partial charge in [0.15, 0.2) is 11.5 Å². The van der Waals surface area contributed by atoms with E-state index in [1.165, 1.54) is 32.0 Å². The highest BCUT2D eigenvalue weighted by molar-refractivity contribution is 9.10.